The molecule has 0 radical (unpaired) electrons. The van der Waals surface area contributed by atoms with Crippen molar-refractivity contribution in [3.8, 4) is 0 Å². The molecule has 0 unspecified atom stereocenters. The Labute approximate surface area is 164 Å². The second-order valence-electron chi connectivity index (χ2n) is 7.26. The molecular weight excluding hydrogens is 374 g/mol. The summed E-state index contributed by atoms with van der Waals surface area (Å²) in [5.41, 5.74) is -1.31. The first-order valence-electron chi connectivity index (χ1n) is 8.91. The maximum Gasteiger partial charge on any atom is 0.332 e. The molecule has 0 rings (SSSR count). The van der Waals surface area contributed by atoms with Gasteiger partial charge in [0.1, 0.15) is 38.3 Å². The highest BCUT2D eigenvalue weighted by molar-refractivity contribution is 5.77. The third-order valence-electron chi connectivity index (χ3n) is 3.50. The van der Waals surface area contributed by atoms with E-state index in [1.807, 2.05) is 13.8 Å². The van der Waals surface area contributed by atoms with Gasteiger partial charge in [0.15, 0.2) is 0 Å². The first-order chi connectivity index (χ1) is 13.0. The van der Waals surface area contributed by atoms with Gasteiger partial charge in [-0.2, -0.15) is 0 Å². The molecule has 0 saturated carbocycles. The molecular formula is C18H31NO9. The lowest BCUT2D eigenvalue weighted by Crippen LogP contribution is -2.36. The fraction of sp³-hybridized carbons (Fsp3) is 0.778. The second kappa shape index (κ2) is 13.2. The van der Waals surface area contributed by atoms with E-state index in [0.29, 0.717) is 32.3 Å². The fourth-order valence-electron chi connectivity index (χ4n) is 2.01. The van der Waals surface area contributed by atoms with Crippen LogP contribution in [0.5, 0.6) is 0 Å². The Hall–Kier alpha value is -2.04. The Morgan fingerprint density at radius 3 is 2.25 bits per heavy atom. The summed E-state index contributed by atoms with van der Waals surface area (Å²) in [5.74, 6) is -2.12. The summed E-state index contributed by atoms with van der Waals surface area (Å²) in [6.07, 6.45) is 1.55. The molecule has 0 aromatic rings. The lowest BCUT2D eigenvalue weighted by molar-refractivity contribution is -0.165. The number of rotatable bonds is 16. The predicted octanol–water partition coefficient (Wildman–Crippen LogP) is 0.317. The van der Waals surface area contributed by atoms with Crippen LogP contribution in [0.4, 0.5) is 0 Å². The largest absolute Gasteiger partial charge is 0.480 e. The maximum atomic E-state index is 11.6. The average Bonchev–Trinajstić information content (AvgIpc) is 2.53. The number of carboxylic acids is 1. The van der Waals surface area contributed by atoms with Gasteiger partial charge in [-0.05, 0) is 34.1 Å². The highest BCUT2D eigenvalue weighted by atomic mass is 16.6. The zero-order valence-corrected chi connectivity index (χ0v) is 16.9. The molecule has 0 aliphatic rings. The van der Waals surface area contributed by atoms with E-state index in [2.05, 4.69) is 5.32 Å². The highest BCUT2D eigenvalue weighted by Gasteiger charge is 2.25. The SMILES string of the molecule is CC(C)(CCNC(=O)COCC=O)OCCC(C)(C)OC(=O)COCC(=O)O. The first-order valence-corrected chi connectivity index (χ1v) is 8.91. The third-order valence-corrected chi connectivity index (χ3v) is 3.50. The minimum atomic E-state index is -1.16. The van der Waals surface area contributed by atoms with Gasteiger partial charge in [0.05, 0.1) is 12.2 Å². The molecule has 28 heavy (non-hydrogen) atoms. The van der Waals surface area contributed by atoms with Gasteiger partial charge in [-0.15, -0.1) is 0 Å². The van der Waals surface area contributed by atoms with E-state index in [1.54, 1.807) is 13.8 Å². The maximum absolute atomic E-state index is 11.6. The number of aldehydes is 1. The Bertz CT molecular complexity index is 517. The van der Waals surface area contributed by atoms with Crippen molar-refractivity contribution in [3.05, 3.63) is 0 Å². The molecule has 0 heterocycles. The molecule has 0 spiro atoms. The zero-order valence-electron chi connectivity index (χ0n) is 16.9. The van der Waals surface area contributed by atoms with Crippen LogP contribution in [0.25, 0.3) is 0 Å². The normalized spacial score (nSPS) is 11.7. The fourth-order valence-corrected chi connectivity index (χ4v) is 2.01. The molecule has 10 heteroatoms. The number of esters is 1. The van der Waals surface area contributed by atoms with Crippen LogP contribution in [0.2, 0.25) is 0 Å². The van der Waals surface area contributed by atoms with Crippen LogP contribution in [0.15, 0.2) is 0 Å². The summed E-state index contributed by atoms with van der Waals surface area (Å²) in [6.45, 7) is 6.61. The van der Waals surface area contributed by atoms with Gasteiger partial charge < -0.3 is 34.2 Å². The van der Waals surface area contributed by atoms with Gasteiger partial charge in [0, 0.05) is 13.0 Å². The van der Waals surface area contributed by atoms with Crippen LogP contribution in [0.1, 0.15) is 40.5 Å². The van der Waals surface area contributed by atoms with E-state index in [4.69, 9.17) is 24.1 Å². The minimum Gasteiger partial charge on any atom is -0.480 e. The molecule has 0 saturated heterocycles. The van der Waals surface area contributed by atoms with Crippen LogP contribution in [0.3, 0.4) is 0 Å². The summed E-state index contributed by atoms with van der Waals surface area (Å²) in [6, 6.07) is 0. The Morgan fingerprint density at radius 1 is 0.964 bits per heavy atom. The molecule has 1 amide bonds. The molecule has 0 aliphatic carbocycles. The summed E-state index contributed by atoms with van der Waals surface area (Å²) in [5, 5.41) is 11.1. The summed E-state index contributed by atoms with van der Waals surface area (Å²) in [4.78, 5) is 43.6. The number of carboxylic acid groups (broad SMARTS) is 1. The molecule has 0 aromatic heterocycles. The summed E-state index contributed by atoms with van der Waals surface area (Å²) >= 11 is 0. The monoisotopic (exact) mass is 405 g/mol. The molecule has 0 aromatic carbocycles. The van der Waals surface area contributed by atoms with Crippen molar-refractivity contribution in [1.29, 1.82) is 0 Å². The Balaban J connectivity index is 4.05. The highest BCUT2D eigenvalue weighted by Crippen LogP contribution is 2.19. The Morgan fingerprint density at radius 2 is 1.64 bits per heavy atom. The van der Waals surface area contributed by atoms with Crippen molar-refractivity contribution >= 4 is 24.1 Å². The van der Waals surface area contributed by atoms with Crippen LogP contribution in [-0.2, 0) is 38.1 Å². The summed E-state index contributed by atoms with van der Waals surface area (Å²) < 4.78 is 20.6. The van der Waals surface area contributed by atoms with E-state index in [1.165, 1.54) is 0 Å². The van der Waals surface area contributed by atoms with Crippen LogP contribution < -0.4 is 5.32 Å². The second-order valence-corrected chi connectivity index (χ2v) is 7.26. The van der Waals surface area contributed by atoms with Crippen molar-refractivity contribution in [2.75, 3.05) is 39.6 Å². The van der Waals surface area contributed by atoms with Crippen molar-refractivity contribution in [3.63, 3.8) is 0 Å². The molecule has 0 aliphatic heterocycles. The lowest BCUT2D eigenvalue weighted by atomic mass is 10.0. The van der Waals surface area contributed by atoms with E-state index >= 15 is 0 Å². The first kappa shape index (κ1) is 26.0. The quantitative estimate of drug-likeness (QED) is 0.211. The minimum absolute atomic E-state index is 0.117. The van der Waals surface area contributed by atoms with Gasteiger partial charge >= 0.3 is 11.9 Å². The van der Waals surface area contributed by atoms with Gasteiger partial charge in [-0.1, -0.05) is 0 Å². The van der Waals surface area contributed by atoms with Gasteiger partial charge in [0.2, 0.25) is 5.91 Å². The van der Waals surface area contributed by atoms with Crippen LogP contribution in [0, 0.1) is 0 Å². The number of hydrogen-bond donors (Lipinski definition) is 2. The molecule has 0 fully saturated rings. The van der Waals surface area contributed by atoms with Gasteiger partial charge in [-0.3, -0.25) is 4.79 Å². The number of carbonyl (C=O) groups is 4. The van der Waals surface area contributed by atoms with Gasteiger partial charge in [-0.25, -0.2) is 9.59 Å². The molecule has 2 N–H and O–H groups in total. The van der Waals surface area contributed by atoms with Crippen molar-refractivity contribution < 1.29 is 43.2 Å². The van der Waals surface area contributed by atoms with Crippen molar-refractivity contribution in [1.82, 2.24) is 5.32 Å². The van der Waals surface area contributed by atoms with Crippen LogP contribution in [-0.4, -0.2) is 80.0 Å². The third kappa shape index (κ3) is 15.1. The number of ether oxygens (including phenoxy) is 4. The number of hydrogen-bond acceptors (Lipinski definition) is 8. The molecule has 0 atom stereocenters. The standard InChI is InChI=1S/C18H31NO9/c1-17(2,5-7-19-14(21)11-25-10-8-20)27-9-6-18(3,4)28-16(24)13-26-12-15(22)23/h8H,5-7,9-13H2,1-4H3,(H,19,21)(H,22,23). The number of amides is 1. The zero-order chi connectivity index (χ0) is 21.6. The van der Waals surface area contributed by atoms with Gasteiger partial charge in [0.25, 0.3) is 0 Å². The summed E-state index contributed by atoms with van der Waals surface area (Å²) in [7, 11) is 0. The van der Waals surface area contributed by atoms with E-state index in [-0.39, 0.29) is 19.1 Å². The van der Waals surface area contributed by atoms with E-state index in [9.17, 15) is 19.2 Å². The van der Waals surface area contributed by atoms with E-state index in [0.717, 1.165) is 0 Å². The Kier molecular flexibility index (Phi) is 12.2. The average molecular weight is 405 g/mol. The number of nitrogens with one attached hydrogen (secondary N) is 1. The van der Waals surface area contributed by atoms with Crippen molar-refractivity contribution in [2.45, 2.75) is 51.7 Å². The lowest BCUT2D eigenvalue weighted by Gasteiger charge is -2.29. The molecule has 162 valence electrons. The van der Waals surface area contributed by atoms with Crippen LogP contribution >= 0.6 is 0 Å². The number of aliphatic carboxylic acids is 1. The number of carbonyl (C=O) groups excluding carboxylic acids is 3. The molecule has 0 bridgehead atoms. The van der Waals surface area contributed by atoms with E-state index < -0.39 is 36.4 Å². The smallest absolute Gasteiger partial charge is 0.332 e. The topological polar surface area (TPSA) is 137 Å². The van der Waals surface area contributed by atoms with Crippen molar-refractivity contribution in [2.24, 2.45) is 0 Å². The molecule has 10 nitrogen and oxygen atoms in total. The predicted molar refractivity (Wildman–Crippen MR) is 97.8 cm³/mol.